The lowest BCUT2D eigenvalue weighted by Crippen LogP contribution is -2.45. The van der Waals surface area contributed by atoms with Gasteiger partial charge in [-0.2, -0.15) is 0 Å². The van der Waals surface area contributed by atoms with Crippen LogP contribution in [0.3, 0.4) is 0 Å². The highest BCUT2D eigenvalue weighted by Gasteiger charge is 2.18. The van der Waals surface area contributed by atoms with Gasteiger partial charge in [-0.15, -0.1) is 0 Å². The second-order valence-corrected chi connectivity index (χ2v) is 14.7. The molecule has 0 aromatic heterocycles. The van der Waals surface area contributed by atoms with Crippen molar-refractivity contribution in [2.45, 2.75) is 57.5 Å². The number of ether oxygens (including phenoxy) is 1. The fourth-order valence-electron chi connectivity index (χ4n) is 6.55. The summed E-state index contributed by atoms with van der Waals surface area (Å²) in [6, 6.07) is 37.3. The van der Waals surface area contributed by atoms with Crippen LogP contribution in [-0.4, -0.2) is 80.3 Å². The molecule has 5 aromatic rings. The third kappa shape index (κ3) is 12.2. The molecule has 0 aliphatic heterocycles. The molecule has 4 atom stereocenters. The molecule has 0 unspecified atom stereocenters. The van der Waals surface area contributed by atoms with Crippen molar-refractivity contribution < 1.29 is 19.4 Å². The molecular weight excluding hydrogens is 689 g/mol. The number of hydrogen-bond donors (Lipinski definition) is 5. The van der Waals surface area contributed by atoms with Gasteiger partial charge < -0.3 is 40.9 Å². The zero-order chi connectivity index (χ0) is 39.3. The van der Waals surface area contributed by atoms with Gasteiger partial charge in [-0.25, -0.2) is 9.59 Å². The molecule has 0 radical (unpaired) electrons. The normalized spacial score (nSPS) is 13.5. The summed E-state index contributed by atoms with van der Waals surface area (Å²) in [6.07, 6.45) is 1.52. The number of nitrogens with one attached hydrogen (secondary N) is 4. The van der Waals surface area contributed by atoms with Crippen LogP contribution in [0, 0.1) is 0 Å². The highest BCUT2D eigenvalue weighted by Crippen LogP contribution is 2.24. The average molecular weight is 745 g/mol. The standard InChI is InChI=1S/C45H56N6O4/c1-31(48-44(53)46-28-38(50(3)4)26-33-16-22-40(52)23-17-33)36-20-14-35(15-21-36)30-55-41-24-18-34(19-25-41)27-39(51(5)6)29-47-45(54)49-32(2)42-13-9-11-37-10-7-8-12-43(37)42/h7-25,31-32,38-39,52H,26-30H2,1-6H3,(H2,46,48,53)(H2,47,49,54)/t31-,32-,38-,39-/m0/s1. The molecule has 55 heavy (non-hydrogen) atoms. The third-order valence-electron chi connectivity index (χ3n) is 10.1. The third-order valence-corrected chi connectivity index (χ3v) is 10.1. The van der Waals surface area contributed by atoms with Gasteiger partial charge in [0.25, 0.3) is 0 Å². The highest BCUT2D eigenvalue weighted by molar-refractivity contribution is 5.86. The van der Waals surface area contributed by atoms with E-state index < -0.39 is 0 Å². The summed E-state index contributed by atoms with van der Waals surface area (Å²) in [5, 5.41) is 24.1. The Bertz CT molecular complexity index is 1960. The maximum atomic E-state index is 12.9. The first-order valence-corrected chi connectivity index (χ1v) is 18.9. The smallest absolute Gasteiger partial charge is 0.315 e. The van der Waals surface area contributed by atoms with Crippen LogP contribution in [0.1, 0.15) is 53.7 Å². The Kier molecular flexibility index (Phi) is 14.5. The zero-order valence-corrected chi connectivity index (χ0v) is 32.9. The van der Waals surface area contributed by atoms with Gasteiger partial charge in [0.2, 0.25) is 0 Å². The van der Waals surface area contributed by atoms with Crippen LogP contribution in [0.2, 0.25) is 0 Å². The molecule has 5 N–H and O–H groups in total. The number of urea groups is 2. The largest absolute Gasteiger partial charge is 0.508 e. The number of carbonyl (C=O) groups is 2. The molecule has 290 valence electrons. The number of phenolic OH excluding ortho intramolecular Hbond substituents is 1. The summed E-state index contributed by atoms with van der Waals surface area (Å²) in [7, 11) is 8.04. The molecular formula is C45H56N6O4. The number of hydrogen-bond acceptors (Lipinski definition) is 6. The molecule has 10 nitrogen and oxygen atoms in total. The molecule has 4 amide bonds. The molecule has 5 rings (SSSR count). The van der Waals surface area contributed by atoms with E-state index in [-0.39, 0.29) is 42.0 Å². The summed E-state index contributed by atoms with van der Waals surface area (Å²) in [5.74, 6) is 1.02. The Balaban J connectivity index is 1.03. The van der Waals surface area contributed by atoms with Gasteiger partial charge in [0, 0.05) is 25.2 Å². The van der Waals surface area contributed by atoms with Crippen molar-refractivity contribution in [2.24, 2.45) is 0 Å². The monoisotopic (exact) mass is 744 g/mol. The van der Waals surface area contributed by atoms with Gasteiger partial charge in [0.15, 0.2) is 0 Å². The van der Waals surface area contributed by atoms with Gasteiger partial charge in [-0.3, -0.25) is 0 Å². The van der Waals surface area contributed by atoms with Crippen LogP contribution in [-0.2, 0) is 19.4 Å². The van der Waals surface area contributed by atoms with E-state index in [1.807, 2.05) is 109 Å². The van der Waals surface area contributed by atoms with Crippen molar-refractivity contribution in [1.29, 1.82) is 0 Å². The fourth-order valence-corrected chi connectivity index (χ4v) is 6.55. The Hall–Kier alpha value is -5.58. The minimum atomic E-state index is -0.220. The molecule has 0 saturated heterocycles. The van der Waals surface area contributed by atoms with Crippen LogP contribution >= 0.6 is 0 Å². The second kappa shape index (κ2) is 19.7. The molecule has 0 fully saturated rings. The van der Waals surface area contributed by atoms with Crippen molar-refractivity contribution in [3.05, 3.63) is 143 Å². The van der Waals surface area contributed by atoms with Gasteiger partial charge in [0.05, 0.1) is 12.1 Å². The molecule has 0 aliphatic carbocycles. The Morgan fingerprint density at radius 2 is 1.13 bits per heavy atom. The SMILES string of the molecule is C[C@H](NC(=O)NC[C@H](Cc1ccc(O)cc1)N(C)C)c1ccc(COc2ccc(C[C@@H](CNC(=O)N[C@@H](C)c3cccc4ccccc34)N(C)C)cc2)cc1. The van der Waals surface area contributed by atoms with E-state index in [1.54, 1.807) is 12.1 Å². The van der Waals surface area contributed by atoms with E-state index in [2.05, 4.69) is 67.5 Å². The number of aromatic hydroxyl groups is 1. The first-order valence-electron chi connectivity index (χ1n) is 18.9. The molecule has 10 heteroatoms. The summed E-state index contributed by atoms with van der Waals surface area (Å²) >= 11 is 0. The van der Waals surface area contributed by atoms with Crippen LogP contribution in [0.25, 0.3) is 10.8 Å². The molecule has 0 saturated carbocycles. The van der Waals surface area contributed by atoms with E-state index >= 15 is 0 Å². The van der Waals surface area contributed by atoms with Gasteiger partial charge in [-0.05, 0) is 118 Å². The maximum Gasteiger partial charge on any atom is 0.315 e. The number of likely N-dealkylation sites (N-methyl/N-ethyl adjacent to an activating group) is 2. The van der Waals surface area contributed by atoms with E-state index in [0.29, 0.717) is 19.7 Å². The van der Waals surface area contributed by atoms with Crippen molar-refractivity contribution in [1.82, 2.24) is 31.1 Å². The molecule has 5 aromatic carbocycles. The van der Waals surface area contributed by atoms with Gasteiger partial charge in [-0.1, -0.05) is 91.0 Å². The number of benzene rings is 5. The second-order valence-electron chi connectivity index (χ2n) is 14.7. The molecule has 0 heterocycles. The van der Waals surface area contributed by atoms with Crippen LogP contribution in [0.5, 0.6) is 11.5 Å². The lowest BCUT2D eigenvalue weighted by Gasteiger charge is -2.25. The number of phenols is 1. The Labute approximate surface area is 325 Å². The summed E-state index contributed by atoms with van der Waals surface area (Å²) < 4.78 is 6.09. The van der Waals surface area contributed by atoms with Crippen LogP contribution in [0.4, 0.5) is 9.59 Å². The van der Waals surface area contributed by atoms with E-state index in [4.69, 9.17) is 4.74 Å². The summed E-state index contributed by atoms with van der Waals surface area (Å²) in [4.78, 5) is 29.9. The number of carbonyl (C=O) groups excluding carboxylic acids is 2. The highest BCUT2D eigenvalue weighted by atomic mass is 16.5. The number of fused-ring (bicyclic) bond motifs is 1. The minimum Gasteiger partial charge on any atom is -0.508 e. The lowest BCUT2D eigenvalue weighted by molar-refractivity contribution is 0.228. The van der Waals surface area contributed by atoms with Crippen molar-refractivity contribution in [3.63, 3.8) is 0 Å². The van der Waals surface area contributed by atoms with Crippen molar-refractivity contribution >= 4 is 22.8 Å². The predicted molar refractivity (Wildman–Crippen MR) is 222 cm³/mol. The number of rotatable bonds is 17. The first-order chi connectivity index (χ1) is 26.4. The topological polar surface area (TPSA) is 118 Å². The molecule has 0 spiro atoms. The van der Waals surface area contributed by atoms with E-state index in [0.717, 1.165) is 57.2 Å². The average Bonchev–Trinajstić information content (AvgIpc) is 3.18. The quantitative estimate of drug-likeness (QED) is 0.0689. The minimum absolute atomic E-state index is 0.106. The van der Waals surface area contributed by atoms with Crippen molar-refractivity contribution in [3.8, 4) is 11.5 Å². The lowest BCUT2D eigenvalue weighted by atomic mass is 10.00. The molecule has 0 bridgehead atoms. The fraction of sp³-hybridized carbons (Fsp3) is 0.333. The van der Waals surface area contributed by atoms with Gasteiger partial charge >= 0.3 is 12.1 Å². The van der Waals surface area contributed by atoms with Gasteiger partial charge in [0.1, 0.15) is 18.1 Å². The summed E-state index contributed by atoms with van der Waals surface area (Å²) in [5.41, 5.74) is 5.37. The summed E-state index contributed by atoms with van der Waals surface area (Å²) in [6.45, 7) is 5.39. The predicted octanol–water partition coefficient (Wildman–Crippen LogP) is 7.19. The zero-order valence-electron chi connectivity index (χ0n) is 32.9. The van der Waals surface area contributed by atoms with E-state index in [9.17, 15) is 14.7 Å². The number of amides is 4. The van der Waals surface area contributed by atoms with E-state index in [1.165, 1.54) is 0 Å². The van der Waals surface area contributed by atoms with Crippen molar-refractivity contribution in [2.75, 3.05) is 41.3 Å². The van der Waals surface area contributed by atoms with Crippen LogP contribution < -0.4 is 26.0 Å². The number of nitrogens with zero attached hydrogens (tertiary/aromatic N) is 2. The van der Waals surface area contributed by atoms with Crippen LogP contribution in [0.15, 0.2) is 115 Å². The maximum absolute atomic E-state index is 12.9. The Morgan fingerprint density at radius 1 is 0.618 bits per heavy atom. The Morgan fingerprint density at radius 3 is 1.71 bits per heavy atom. The molecule has 0 aliphatic rings. The first kappa shape index (κ1) is 40.6.